The maximum absolute atomic E-state index is 12.8. The van der Waals surface area contributed by atoms with Crippen LogP contribution in [0.2, 0.25) is 0 Å². The summed E-state index contributed by atoms with van der Waals surface area (Å²) >= 11 is 0. The van der Waals surface area contributed by atoms with Gasteiger partial charge in [-0.15, -0.1) is 24.8 Å². The largest absolute Gasteiger partial charge is 0.496 e. The van der Waals surface area contributed by atoms with Crippen LogP contribution in [0.25, 0.3) is 10.9 Å². The molecule has 7 heteroatoms. The van der Waals surface area contributed by atoms with Crippen molar-refractivity contribution in [3.05, 3.63) is 70.3 Å². The monoisotopic (exact) mass is 447 g/mol. The molecule has 2 heterocycles. The van der Waals surface area contributed by atoms with E-state index in [9.17, 15) is 4.79 Å². The Morgan fingerprint density at radius 3 is 2.83 bits per heavy atom. The molecule has 1 aromatic heterocycles. The third kappa shape index (κ3) is 3.82. The molecule has 1 fully saturated rings. The zero-order valence-electron chi connectivity index (χ0n) is 16.9. The molecule has 1 N–H and O–H groups in total. The number of nitrogens with one attached hydrogen (secondary N) is 1. The molecule has 3 atom stereocenters. The highest BCUT2D eigenvalue weighted by atomic mass is 35.5. The SMILES string of the molecule is COc1cccc2c1CC[C@H]1CNC(CCn3cnc4ccccc4c3=O)[C@@H]21.Cl.Cl. The molecule has 2 aliphatic rings. The number of nitrogens with zero attached hydrogens (tertiary/aromatic N) is 2. The Kier molecular flexibility index (Phi) is 7.06. The lowest BCUT2D eigenvalue weighted by Crippen LogP contribution is -2.31. The van der Waals surface area contributed by atoms with Gasteiger partial charge < -0.3 is 10.1 Å². The summed E-state index contributed by atoms with van der Waals surface area (Å²) in [4.78, 5) is 17.2. The van der Waals surface area contributed by atoms with E-state index >= 15 is 0 Å². The number of para-hydroxylation sites is 1. The van der Waals surface area contributed by atoms with Crippen LogP contribution in [0.15, 0.2) is 53.6 Å². The molecule has 30 heavy (non-hydrogen) atoms. The van der Waals surface area contributed by atoms with Crippen LogP contribution in [0, 0.1) is 5.92 Å². The van der Waals surface area contributed by atoms with Gasteiger partial charge in [0.15, 0.2) is 0 Å². The van der Waals surface area contributed by atoms with Crippen molar-refractivity contribution < 1.29 is 4.74 Å². The van der Waals surface area contributed by atoms with E-state index in [1.165, 1.54) is 17.5 Å². The van der Waals surface area contributed by atoms with Gasteiger partial charge in [-0.25, -0.2) is 4.98 Å². The molecule has 3 aromatic rings. The third-order valence-corrected chi connectivity index (χ3v) is 6.51. The number of aromatic nitrogens is 2. The van der Waals surface area contributed by atoms with Crippen LogP contribution in [0.3, 0.4) is 0 Å². The Morgan fingerprint density at radius 1 is 1.17 bits per heavy atom. The average Bonchev–Trinajstić information content (AvgIpc) is 3.16. The van der Waals surface area contributed by atoms with Crippen molar-refractivity contribution in [3.8, 4) is 5.75 Å². The summed E-state index contributed by atoms with van der Waals surface area (Å²) in [6.07, 6.45) is 4.88. The molecule has 1 unspecified atom stereocenters. The minimum atomic E-state index is 0. The Hall–Kier alpha value is -2.08. The van der Waals surface area contributed by atoms with Gasteiger partial charge in [0.05, 0.1) is 24.3 Å². The summed E-state index contributed by atoms with van der Waals surface area (Å²) in [6, 6.07) is 14.4. The number of methoxy groups -OCH3 is 1. The molecule has 1 aliphatic carbocycles. The number of halogens is 2. The Morgan fingerprint density at radius 2 is 2.00 bits per heavy atom. The van der Waals surface area contributed by atoms with E-state index in [0.717, 1.165) is 30.7 Å². The van der Waals surface area contributed by atoms with Gasteiger partial charge >= 0.3 is 0 Å². The van der Waals surface area contributed by atoms with E-state index in [0.29, 0.717) is 29.8 Å². The molecular formula is C23H27Cl2N3O2. The number of hydrogen-bond donors (Lipinski definition) is 1. The van der Waals surface area contributed by atoms with E-state index < -0.39 is 0 Å². The fourth-order valence-electron chi connectivity index (χ4n) is 5.15. The van der Waals surface area contributed by atoms with Crippen LogP contribution in [0.5, 0.6) is 5.75 Å². The number of fused-ring (bicyclic) bond motifs is 4. The molecule has 1 aliphatic heterocycles. The summed E-state index contributed by atoms with van der Waals surface area (Å²) in [6.45, 7) is 1.73. The second-order valence-electron chi connectivity index (χ2n) is 7.92. The summed E-state index contributed by atoms with van der Waals surface area (Å²) in [7, 11) is 1.76. The smallest absolute Gasteiger partial charge is 0.261 e. The van der Waals surface area contributed by atoms with E-state index in [-0.39, 0.29) is 30.4 Å². The number of benzene rings is 2. The summed E-state index contributed by atoms with van der Waals surface area (Å²) in [5.74, 6) is 2.16. The lowest BCUT2D eigenvalue weighted by atomic mass is 9.73. The summed E-state index contributed by atoms with van der Waals surface area (Å²) < 4.78 is 7.36. The zero-order chi connectivity index (χ0) is 19.1. The van der Waals surface area contributed by atoms with E-state index in [2.05, 4.69) is 28.5 Å². The number of rotatable bonds is 4. The van der Waals surface area contributed by atoms with Crippen molar-refractivity contribution in [2.24, 2.45) is 5.92 Å². The van der Waals surface area contributed by atoms with Crippen molar-refractivity contribution in [1.29, 1.82) is 0 Å². The van der Waals surface area contributed by atoms with Crippen LogP contribution < -0.4 is 15.6 Å². The van der Waals surface area contributed by atoms with Crippen molar-refractivity contribution in [1.82, 2.24) is 14.9 Å². The molecular weight excluding hydrogens is 421 g/mol. The average molecular weight is 448 g/mol. The van der Waals surface area contributed by atoms with Crippen LogP contribution in [0.4, 0.5) is 0 Å². The van der Waals surface area contributed by atoms with Gasteiger partial charge in [0.1, 0.15) is 5.75 Å². The normalized spacial score (nSPS) is 21.8. The van der Waals surface area contributed by atoms with Gasteiger partial charge in [-0.1, -0.05) is 24.3 Å². The number of ether oxygens (including phenoxy) is 1. The lowest BCUT2D eigenvalue weighted by molar-refractivity contribution is 0.371. The summed E-state index contributed by atoms with van der Waals surface area (Å²) in [5.41, 5.74) is 3.60. The minimum absolute atomic E-state index is 0. The standard InChI is InChI=1S/C23H25N3O2.2ClH/c1-28-21-8-4-6-17-16(21)10-9-15-13-24-20(22(15)17)11-12-26-14-25-19-7-3-2-5-18(19)23(26)27;;/h2-8,14-15,20,22,24H,9-13H2,1H3;2*1H/t15-,20?,22+;;/m0../s1. The maximum Gasteiger partial charge on any atom is 0.261 e. The van der Waals surface area contributed by atoms with Gasteiger partial charge in [0.25, 0.3) is 5.56 Å². The minimum Gasteiger partial charge on any atom is -0.496 e. The van der Waals surface area contributed by atoms with Crippen molar-refractivity contribution in [2.75, 3.05) is 13.7 Å². The molecule has 0 spiro atoms. The van der Waals surface area contributed by atoms with Gasteiger partial charge in [0.2, 0.25) is 0 Å². The molecule has 0 radical (unpaired) electrons. The Bertz CT molecular complexity index is 1090. The Balaban J connectivity index is 0.00000128. The van der Waals surface area contributed by atoms with Crippen LogP contribution in [-0.4, -0.2) is 29.2 Å². The molecule has 1 saturated heterocycles. The maximum atomic E-state index is 12.8. The third-order valence-electron chi connectivity index (χ3n) is 6.51. The van der Waals surface area contributed by atoms with E-state index in [1.54, 1.807) is 18.0 Å². The van der Waals surface area contributed by atoms with Gasteiger partial charge in [-0.05, 0) is 61.1 Å². The fraction of sp³-hybridized carbons (Fsp3) is 0.391. The second-order valence-corrected chi connectivity index (χ2v) is 7.92. The topological polar surface area (TPSA) is 56.1 Å². The molecule has 0 saturated carbocycles. The van der Waals surface area contributed by atoms with Crippen molar-refractivity contribution in [2.45, 2.75) is 37.8 Å². The predicted octanol–water partition coefficient (Wildman–Crippen LogP) is 3.96. The lowest BCUT2D eigenvalue weighted by Gasteiger charge is -2.32. The van der Waals surface area contributed by atoms with Crippen LogP contribution >= 0.6 is 24.8 Å². The highest BCUT2D eigenvalue weighted by Gasteiger charge is 2.40. The quantitative estimate of drug-likeness (QED) is 0.657. The van der Waals surface area contributed by atoms with Crippen LogP contribution in [0.1, 0.15) is 29.9 Å². The van der Waals surface area contributed by atoms with Crippen molar-refractivity contribution >= 4 is 35.7 Å². The molecule has 5 rings (SSSR count). The first kappa shape index (κ1) is 22.6. The molecule has 0 bridgehead atoms. The van der Waals surface area contributed by atoms with E-state index in [1.807, 2.05) is 24.3 Å². The molecule has 2 aromatic carbocycles. The van der Waals surface area contributed by atoms with Crippen LogP contribution in [-0.2, 0) is 13.0 Å². The predicted molar refractivity (Wildman–Crippen MR) is 124 cm³/mol. The number of hydrogen-bond acceptors (Lipinski definition) is 4. The first-order valence-electron chi connectivity index (χ1n) is 10.1. The Labute approximate surface area is 188 Å². The van der Waals surface area contributed by atoms with Gasteiger partial charge in [0, 0.05) is 18.5 Å². The highest BCUT2D eigenvalue weighted by Crippen LogP contribution is 2.45. The second kappa shape index (κ2) is 9.38. The zero-order valence-corrected chi connectivity index (χ0v) is 18.5. The first-order chi connectivity index (χ1) is 13.8. The fourth-order valence-corrected chi connectivity index (χ4v) is 5.15. The summed E-state index contributed by atoms with van der Waals surface area (Å²) in [5, 5.41) is 4.42. The van der Waals surface area contributed by atoms with Gasteiger partial charge in [-0.2, -0.15) is 0 Å². The molecule has 0 amide bonds. The number of aryl methyl sites for hydroxylation is 1. The molecule has 160 valence electrons. The first-order valence-corrected chi connectivity index (χ1v) is 10.1. The van der Waals surface area contributed by atoms with E-state index in [4.69, 9.17) is 4.74 Å². The highest BCUT2D eigenvalue weighted by molar-refractivity contribution is 5.85. The molecule has 5 nitrogen and oxygen atoms in total. The van der Waals surface area contributed by atoms with Gasteiger partial charge in [-0.3, -0.25) is 9.36 Å². The van der Waals surface area contributed by atoms with Crippen molar-refractivity contribution in [3.63, 3.8) is 0 Å².